The second-order valence-corrected chi connectivity index (χ2v) is 14.3. The Kier molecular flexibility index (Phi) is 26.3. The van der Waals surface area contributed by atoms with E-state index in [9.17, 15) is 4.21 Å². The van der Waals surface area contributed by atoms with Gasteiger partial charge in [0.2, 0.25) is 0 Å². The highest BCUT2D eigenvalue weighted by Crippen LogP contribution is 2.14. The highest BCUT2D eigenvalue weighted by atomic mass is 32.2. The van der Waals surface area contributed by atoms with Gasteiger partial charge in [-0.1, -0.05) is 103 Å². The normalized spacial score (nSPS) is 13.3. The lowest BCUT2D eigenvalue weighted by atomic mass is 10.0. The molecular formula is C34H66N3O5S+. The summed E-state index contributed by atoms with van der Waals surface area (Å²) in [5, 5.41) is 0. The Bertz CT molecular complexity index is 751. The smallest absolute Gasteiger partial charge is 0.316 e. The minimum atomic E-state index is -1.09. The minimum absolute atomic E-state index is 0.290. The fourth-order valence-corrected chi connectivity index (χ4v) is 5.73. The van der Waals surface area contributed by atoms with Crippen LogP contribution in [0.25, 0.3) is 0 Å². The van der Waals surface area contributed by atoms with Gasteiger partial charge in [0.05, 0.1) is 59.9 Å². The molecule has 2 unspecified atom stereocenters. The molecule has 252 valence electrons. The summed E-state index contributed by atoms with van der Waals surface area (Å²) in [4.78, 5) is 8.31. The van der Waals surface area contributed by atoms with Gasteiger partial charge < -0.3 is 23.4 Å². The second-order valence-electron chi connectivity index (χ2n) is 12.7. The molecule has 0 spiro atoms. The summed E-state index contributed by atoms with van der Waals surface area (Å²) in [5.41, 5.74) is 0. The van der Waals surface area contributed by atoms with Crippen LogP contribution < -0.4 is 4.74 Å². The van der Waals surface area contributed by atoms with Crippen molar-refractivity contribution in [3.8, 4) is 6.01 Å². The maximum atomic E-state index is 12.7. The van der Waals surface area contributed by atoms with E-state index < -0.39 is 10.8 Å². The van der Waals surface area contributed by atoms with Gasteiger partial charge in [-0.05, 0) is 12.5 Å². The summed E-state index contributed by atoms with van der Waals surface area (Å²) < 4.78 is 36.6. The molecule has 0 saturated carbocycles. The summed E-state index contributed by atoms with van der Waals surface area (Å²) in [6.45, 7) is 6.51. The lowest BCUT2D eigenvalue weighted by Crippen LogP contribution is -2.37. The van der Waals surface area contributed by atoms with E-state index >= 15 is 0 Å². The Balaban J connectivity index is 2.07. The highest BCUT2D eigenvalue weighted by molar-refractivity contribution is 7.85. The van der Waals surface area contributed by atoms with Crippen LogP contribution in [0, 0.1) is 0 Å². The van der Waals surface area contributed by atoms with Crippen molar-refractivity contribution in [2.24, 2.45) is 0 Å². The summed E-state index contributed by atoms with van der Waals surface area (Å²) in [5.74, 6) is 0.814. The van der Waals surface area contributed by atoms with Gasteiger partial charge in [0.15, 0.2) is 0 Å². The average Bonchev–Trinajstić information content (AvgIpc) is 2.97. The van der Waals surface area contributed by atoms with Crippen molar-refractivity contribution in [3.05, 3.63) is 18.5 Å². The molecule has 1 aromatic heterocycles. The van der Waals surface area contributed by atoms with Crippen LogP contribution in [0.5, 0.6) is 6.01 Å². The quantitative estimate of drug-likeness (QED) is 0.0629. The van der Waals surface area contributed by atoms with Gasteiger partial charge in [0.1, 0.15) is 12.6 Å². The molecule has 0 aliphatic heterocycles. The van der Waals surface area contributed by atoms with Crippen molar-refractivity contribution in [3.63, 3.8) is 0 Å². The van der Waals surface area contributed by atoms with Gasteiger partial charge in [-0.15, -0.1) is 0 Å². The van der Waals surface area contributed by atoms with E-state index in [1.165, 1.54) is 96.3 Å². The molecule has 2 atom stereocenters. The van der Waals surface area contributed by atoms with Crippen LogP contribution in [0.3, 0.4) is 0 Å². The maximum Gasteiger partial charge on any atom is 0.316 e. The first-order valence-corrected chi connectivity index (χ1v) is 18.7. The van der Waals surface area contributed by atoms with Gasteiger partial charge in [0.25, 0.3) is 0 Å². The number of quaternary nitrogens is 1. The third kappa shape index (κ3) is 28.1. The van der Waals surface area contributed by atoms with Crippen molar-refractivity contribution >= 4 is 10.8 Å². The maximum absolute atomic E-state index is 12.7. The molecule has 9 heteroatoms. The lowest BCUT2D eigenvalue weighted by molar-refractivity contribution is -0.870. The van der Waals surface area contributed by atoms with E-state index in [0.717, 1.165) is 17.4 Å². The number of aromatic nitrogens is 2. The summed E-state index contributed by atoms with van der Waals surface area (Å²) >= 11 is 0. The van der Waals surface area contributed by atoms with Crippen LogP contribution in [-0.2, 0) is 25.0 Å². The van der Waals surface area contributed by atoms with Crippen LogP contribution in [0.1, 0.15) is 110 Å². The number of unbranched alkanes of at least 4 members (excludes halogenated alkanes) is 15. The van der Waals surface area contributed by atoms with E-state index in [0.29, 0.717) is 51.1 Å². The zero-order valence-corrected chi connectivity index (χ0v) is 29.1. The highest BCUT2D eigenvalue weighted by Gasteiger charge is 2.17. The molecule has 43 heavy (non-hydrogen) atoms. The summed E-state index contributed by atoms with van der Waals surface area (Å²) in [6.07, 6.45) is 24.6. The van der Waals surface area contributed by atoms with Gasteiger partial charge in [-0.3, -0.25) is 4.21 Å². The van der Waals surface area contributed by atoms with Gasteiger partial charge in [-0.25, -0.2) is 9.97 Å². The molecule has 0 fully saturated rings. The first kappa shape index (κ1) is 39.9. The first-order chi connectivity index (χ1) is 20.9. The number of ether oxygens (including phenoxy) is 4. The predicted molar refractivity (Wildman–Crippen MR) is 179 cm³/mol. The largest absolute Gasteiger partial charge is 0.457 e. The Morgan fingerprint density at radius 2 is 1.19 bits per heavy atom. The van der Waals surface area contributed by atoms with Crippen molar-refractivity contribution in [2.75, 3.05) is 78.8 Å². The number of hydrogen-bond acceptors (Lipinski definition) is 7. The van der Waals surface area contributed by atoms with E-state index in [1.807, 2.05) is 0 Å². The Morgan fingerprint density at radius 3 is 1.72 bits per heavy atom. The van der Waals surface area contributed by atoms with Crippen LogP contribution in [-0.4, -0.2) is 104 Å². The third-order valence-electron chi connectivity index (χ3n) is 7.37. The fourth-order valence-electron chi connectivity index (χ4n) is 4.68. The van der Waals surface area contributed by atoms with E-state index in [4.69, 9.17) is 18.9 Å². The number of likely N-dealkylation sites (N-methyl/N-ethyl adjacent to an activating group) is 1. The van der Waals surface area contributed by atoms with Crippen LogP contribution in [0.4, 0.5) is 0 Å². The van der Waals surface area contributed by atoms with E-state index in [1.54, 1.807) is 18.5 Å². The number of hydrogen-bond donors (Lipinski definition) is 0. The molecule has 0 aliphatic rings. The SMILES string of the molecule is CCCCCCCCCCCCCCCCCCOCC(CS(=O)CCOCCOCC[N+](C)(C)C)Oc1ncccn1. The standard InChI is InChI=1S/C34H66N3O5S/c1-5-6-7-8-9-10-11-12-13-14-15-16-17-18-19-20-25-41-31-33(42-34-35-22-21-23-36-34)32-43(38)30-29-40-28-27-39-26-24-37(2,3)4/h21-23,33H,5-20,24-32H2,1-4H3/q+1. The van der Waals surface area contributed by atoms with E-state index in [2.05, 4.69) is 38.0 Å². The Hall–Kier alpha value is -1.13. The molecule has 0 aliphatic carbocycles. The summed E-state index contributed by atoms with van der Waals surface area (Å²) in [6, 6.07) is 2.04. The molecule has 0 bridgehead atoms. The number of nitrogens with zero attached hydrogens (tertiary/aromatic N) is 3. The Labute approximate surface area is 267 Å². The van der Waals surface area contributed by atoms with E-state index in [-0.39, 0.29) is 12.1 Å². The molecule has 1 heterocycles. The molecule has 0 aromatic carbocycles. The minimum Gasteiger partial charge on any atom is -0.457 e. The zero-order valence-electron chi connectivity index (χ0n) is 28.3. The first-order valence-electron chi connectivity index (χ1n) is 17.2. The molecular weight excluding hydrogens is 562 g/mol. The molecule has 1 rings (SSSR count). The van der Waals surface area contributed by atoms with Crippen LogP contribution >= 0.6 is 0 Å². The van der Waals surface area contributed by atoms with Crippen molar-refractivity contribution in [1.82, 2.24) is 9.97 Å². The molecule has 8 nitrogen and oxygen atoms in total. The average molecular weight is 629 g/mol. The van der Waals surface area contributed by atoms with Gasteiger partial charge in [0, 0.05) is 35.6 Å². The van der Waals surface area contributed by atoms with Crippen molar-refractivity contribution in [2.45, 2.75) is 116 Å². The second kappa shape index (κ2) is 28.4. The predicted octanol–water partition coefficient (Wildman–Crippen LogP) is 6.99. The molecule has 0 radical (unpaired) electrons. The van der Waals surface area contributed by atoms with Crippen LogP contribution in [0.15, 0.2) is 18.5 Å². The lowest BCUT2D eigenvalue weighted by Gasteiger charge is -2.23. The third-order valence-corrected chi connectivity index (χ3v) is 8.73. The van der Waals surface area contributed by atoms with Gasteiger partial charge in [-0.2, -0.15) is 0 Å². The fraction of sp³-hybridized carbons (Fsp3) is 0.882. The molecule has 0 amide bonds. The van der Waals surface area contributed by atoms with Crippen molar-refractivity contribution < 1.29 is 27.6 Å². The van der Waals surface area contributed by atoms with Gasteiger partial charge >= 0.3 is 6.01 Å². The van der Waals surface area contributed by atoms with Crippen molar-refractivity contribution in [1.29, 1.82) is 0 Å². The monoisotopic (exact) mass is 628 g/mol. The number of rotatable bonds is 32. The zero-order chi connectivity index (χ0) is 31.3. The summed E-state index contributed by atoms with van der Waals surface area (Å²) in [7, 11) is 5.33. The molecule has 0 saturated heterocycles. The Morgan fingerprint density at radius 1 is 0.674 bits per heavy atom. The topological polar surface area (TPSA) is 79.8 Å². The van der Waals surface area contributed by atoms with Crippen LogP contribution in [0.2, 0.25) is 0 Å². The molecule has 0 N–H and O–H groups in total. The molecule has 1 aromatic rings.